The number of carbonyl (C=O) groups excluding carboxylic acids is 1. The molecule has 0 saturated heterocycles. The van der Waals surface area contributed by atoms with Gasteiger partial charge in [-0.05, 0) is 6.92 Å². The topological polar surface area (TPSA) is 148 Å². The molecule has 0 aromatic rings. The number of ether oxygens (including phenoxy) is 1. The van der Waals surface area contributed by atoms with Crippen LogP contribution in [0.4, 0.5) is 0 Å². The Labute approximate surface area is 104 Å². The van der Waals surface area contributed by atoms with E-state index in [1.165, 1.54) is 0 Å². The minimum Gasteiger partial charge on any atom is -0.466 e. The largest absolute Gasteiger partial charge is 0.466 e. The van der Waals surface area contributed by atoms with Gasteiger partial charge >= 0.3 is 5.97 Å². The number of hydrogen-bond donors (Lipinski definition) is 6. The maximum absolute atomic E-state index is 11.0. The Hall–Kier alpha value is -0.770. The lowest BCUT2D eigenvalue weighted by Crippen LogP contribution is -2.50. The van der Waals surface area contributed by atoms with E-state index in [1.807, 2.05) is 0 Å². The van der Waals surface area contributed by atoms with Crippen LogP contribution in [0.1, 0.15) is 13.3 Å². The first kappa shape index (κ1) is 17.2. The van der Waals surface area contributed by atoms with Crippen molar-refractivity contribution in [3.63, 3.8) is 0 Å². The molecular formula is C10H20O8. The smallest absolute Gasteiger partial charge is 0.308 e. The Morgan fingerprint density at radius 1 is 1.00 bits per heavy atom. The molecule has 0 radical (unpaired) electrons. The summed E-state index contributed by atoms with van der Waals surface area (Å²) in [6.45, 7) is 0.853. The minimum absolute atomic E-state index is 0.107. The first-order chi connectivity index (χ1) is 8.34. The fourth-order valence-electron chi connectivity index (χ4n) is 1.28. The van der Waals surface area contributed by atoms with Gasteiger partial charge in [0.05, 0.1) is 25.7 Å². The normalized spacial score (nSPS) is 19.7. The molecule has 8 nitrogen and oxygen atoms in total. The van der Waals surface area contributed by atoms with Crippen molar-refractivity contribution >= 4 is 5.97 Å². The van der Waals surface area contributed by atoms with Gasteiger partial charge in [-0.1, -0.05) is 0 Å². The molecule has 5 atom stereocenters. The molecule has 0 aliphatic carbocycles. The summed E-state index contributed by atoms with van der Waals surface area (Å²) in [5.74, 6) is -0.770. The van der Waals surface area contributed by atoms with Crippen molar-refractivity contribution in [3.8, 4) is 0 Å². The first-order valence-corrected chi connectivity index (χ1v) is 5.51. The van der Waals surface area contributed by atoms with Crippen molar-refractivity contribution in [1.29, 1.82) is 0 Å². The molecule has 108 valence electrons. The van der Waals surface area contributed by atoms with E-state index in [0.29, 0.717) is 0 Å². The van der Waals surface area contributed by atoms with Gasteiger partial charge in [-0.15, -0.1) is 0 Å². The van der Waals surface area contributed by atoms with Crippen molar-refractivity contribution in [2.45, 2.75) is 43.9 Å². The van der Waals surface area contributed by atoms with E-state index in [2.05, 4.69) is 4.74 Å². The van der Waals surface area contributed by atoms with Gasteiger partial charge in [0.2, 0.25) is 0 Å². The lowest BCUT2D eigenvalue weighted by Gasteiger charge is -2.28. The summed E-state index contributed by atoms with van der Waals surface area (Å²) in [6.07, 6.45) is -9.48. The van der Waals surface area contributed by atoms with Crippen LogP contribution in [0, 0.1) is 0 Å². The molecule has 0 amide bonds. The monoisotopic (exact) mass is 268 g/mol. The van der Waals surface area contributed by atoms with Crippen LogP contribution in [0.5, 0.6) is 0 Å². The summed E-state index contributed by atoms with van der Waals surface area (Å²) in [5.41, 5.74) is 0. The second kappa shape index (κ2) is 8.35. The van der Waals surface area contributed by atoms with Crippen molar-refractivity contribution in [2.75, 3.05) is 13.2 Å². The number of aliphatic hydroxyl groups excluding tert-OH is 6. The average molecular weight is 268 g/mol. The molecule has 0 aromatic heterocycles. The van der Waals surface area contributed by atoms with E-state index in [-0.39, 0.29) is 6.61 Å². The van der Waals surface area contributed by atoms with Gasteiger partial charge in [-0.2, -0.15) is 0 Å². The van der Waals surface area contributed by atoms with E-state index < -0.39 is 49.5 Å². The summed E-state index contributed by atoms with van der Waals surface area (Å²) in [6, 6.07) is 0. The molecule has 0 heterocycles. The van der Waals surface area contributed by atoms with Crippen LogP contribution in [0.15, 0.2) is 0 Å². The third-order valence-electron chi connectivity index (χ3n) is 2.36. The molecule has 0 spiro atoms. The molecule has 0 aliphatic rings. The Balaban J connectivity index is 4.35. The molecule has 0 aromatic carbocycles. The highest BCUT2D eigenvalue weighted by atomic mass is 16.5. The van der Waals surface area contributed by atoms with Crippen molar-refractivity contribution in [3.05, 3.63) is 0 Å². The van der Waals surface area contributed by atoms with Crippen LogP contribution >= 0.6 is 0 Å². The van der Waals surface area contributed by atoms with Crippen molar-refractivity contribution in [1.82, 2.24) is 0 Å². The zero-order valence-electron chi connectivity index (χ0n) is 10.0. The highest BCUT2D eigenvalue weighted by Gasteiger charge is 2.34. The predicted octanol–water partition coefficient (Wildman–Crippen LogP) is -3.26. The number of carbonyl (C=O) groups is 1. The van der Waals surface area contributed by atoms with E-state index in [0.717, 1.165) is 0 Å². The number of aliphatic hydroxyl groups is 6. The van der Waals surface area contributed by atoms with Crippen LogP contribution in [0.25, 0.3) is 0 Å². The second-order valence-corrected chi connectivity index (χ2v) is 3.80. The Morgan fingerprint density at radius 3 is 1.94 bits per heavy atom. The molecule has 18 heavy (non-hydrogen) atoms. The molecule has 1 unspecified atom stereocenters. The summed E-state index contributed by atoms with van der Waals surface area (Å²) in [4.78, 5) is 11.0. The zero-order valence-corrected chi connectivity index (χ0v) is 10.0. The lowest BCUT2D eigenvalue weighted by molar-refractivity contribution is -0.157. The molecule has 0 aliphatic heterocycles. The minimum atomic E-state index is -1.91. The fraction of sp³-hybridized carbons (Fsp3) is 0.900. The standard InChI is InChI=1S/C10H20O8/c1-2-18-7(14)3-5(12)8(15)10(17)9(16)6(13)4-11/h5-6,8-13,15-17H,2-4H2,1H3/t5?,6-,8+,9-,10-/m1/s1. The Kier molecular flexibility index (Phi) is 8.00. The predicted molar refractivity (Wildman–Crippen MR) is 58.4 cm³/mol. The van der Waals surface area contributed by atoms with Crippen LogP contribution in [-0.2, 0) is 9.53 Å². The van der Waals surface area contributed by atoms with Gasteiger partial charge in [-0.25, -0.2) is 0 Å². The maximum atomic E-state index is 11.0. The lowest BCUT2D eigenvalue weighted by atomic mass is 9.98. The first-order valence-electron chi connectivity index (χ1n) is 5.51. The van der Waals surface area contributed by atoms with Gasteiger partial charge in [0.15, 0.2) is 0 Å². The fourth-order valence-corrected chi connectivity index (χ4v) is 1.28. The van der Waals surface area contributed by atoms with Gasteiger partial charge in [-0.3, -0.25) is 4.79 Å². The third-order valence-corrected chi connectivity index (χ3v) is 2.36. The van der Waals surface area contributed by atoms with Crippen LogP contribution < -0.4 is 0 Å². The number of rotatable bonds is 8. The maximum Gasteiger partial charge on any atom is 0.308 e. The van der Waals surface area contributed by atoms with E-state index in [9.17, 15) is 25.2 Å². The van der Waals surface area contributed by atoms with Gasteiger partial charge in [0.1, 0.15) is 24.4 Å². The average Bonchev–Trinajstić information content (AvgIpc) is 2.35. The molecular weight excluding hydrogens is 248 g/mol. The van der Waals surface area contributed by atoms with E-state index >= 15 is 0 Å². The number of esters is 1. The third kappa shape index (κ3) is 5.25. The summed E-state index contributed by atoms with van der Waals surface area (Å²) < 4.78 is 4.53. The molecule has 6 N–H and O–H groups in total. The zero-order chi connectivity index (χ0) is 14.3. The molecule has 0 bridgehead atoms. The SMILES string of the molecule is CCOC(=O)CC(O)[C@H](O)[C@@H](O)[C@H](O)[C@H](O)CO. The highest BCUT2D eigenvalue weighted by molar-refractivity contribution is 5.70. The molecule has 0 saturated carbocycles. The summed E-state index contributed by atoms with van der Waals surface area (Å²) in [7, 11) is 0. The van der Waals surface area contributed by atoms with Gasteiger partial charge < -0.3 is 35.4 Å². The number of hydrogen-bond acceptors (Lipinski definition) is 8. The second-order valence-electron chi connectivity index (χ2n) is 3.80. The summed E-state index contributed by atoms with van der Waals surface area (Å²) in [5, 5.41) is 55.2. The van der Waals surface area contributed by atoms with Crippen molar-refractivity contribution in [2.24, 2.45) is 0 Å². The van der Waals surface area contributed by atoms with Gasteiger partial charge in [0.25, 0.3) is 0 Å². The Morgan fingerprint density at radius 2 is 1.50 bits per heavy atom. The van der Waals surface area contributed by atoms with Crippen LogP contribution in [0.2, 0.25) is 0 Å². The van der Waals surface area contributed by atoms with E-state index in [4.69, 9.17) is 10.2 Å². The van der Waals surface area contributed by atoms with Crippen LogP contribution in [0.3, 0.4) is 0 Å². The summed E-state index contributed by atoms with van der Waals surface area (Å²) >= 11 is 0. The molecule has 8 heteroatoms. The molecule has 0 rings (SSSR count). The molecule has 0 fully saturated rings. The van der Waals surface area contributed by atoms with Gasteiger partial charge in [0, 0.05) is 0 Å². The Bertz CT molecular complexity index is 246. The quantitative estimate of drug-likeness (QED) is 0.251. The highest BCUT2D eigenvalue weighted by Crippen LogP contribution is 2.11. The van der Waals surface area contributed by atoms with Crippen LogP contribution in [-0.4, -0.2) is 80.3 Å². The van der Waals surface area contributed by atoms with E-state index in [1.54, 1.807) is 6.92 Å². The van der Waals surface area contributed by atoms with Crippen molar-refractivity contribution < 1.29 is 40.2 Å².